The summed E-state index contributed by atoms with van der Waals surface area (Å²) in [5, 5.41) is 15.4. The molecule has 0 atom stereocenters. The number of carbonyl (C=O) groups is 1. The fourth-order valence-electron chi connectivity index (χ4n) is 3.39. The van der Waals surface area contributed by atoms with Crippen molar-refractivity contribution in [1.82, 2.24) is 14.7 Å². The largest absolute Gasteiger partial charge is 0.340 e. The van der Waals surface area contributed by atoms with E-state index in [1.807, 2.05) is 6.92 Å². The molecule has 1 fully saturated rings. The summed E-state index contributed by atoms with van der Waals surface area (Å²) in [7, 11) is 1.73. The van der Waals surface area contributed by atoms with E-state index in [9.17, 15) is 14.9 Å². The first-order chi connectivity index (χ1) is 10.8. The molecule has 0 saturated heterocycles. The maximum Gasteiger partial charge on any atom is 0.322 e. The van der Waals surface area contributed by atoms with Gasteiger partial charge in [-0.2, -0.15) is 5.10 Å². The molecule has 1 saturated carbocycles. The molecule has 1 aliphatic rings. The third kappa shape index (κ3) is 3.71. The number of aryl methyl sites for hydroxylation is 2. The molecule has 0 aliphatic heterocycles. The van der Waals surface area contributed by atoms with Crippen molar-refractivity contribution in [3.8, 4) is 0 Å². The Balaban J connectivity index is 2.17. The van der Waals surface area contributed by atoms with Crippen LogP contribution in [0.4, 0.5) is 5.69 Å². The van der Waals surface area contributed by atoms with Crippen molar-refractivity contribution in [3.63, 3.8) is 0 Å². The summed E-state index contributed by atoms with van der Waals surface area (Å²) in [5.74, 6) is 0.939. The molecule has 1 aliphatic carbocycles. The topological polar surface area (TPSA) is 81.3 Å². The molecular weight excluding hydrogens is 296 g/mol. The molecule has 0 unspecified atom stereocenters. The minimum atomic E-state index is -0.502. The van der Waals surface area contributed by atoms with E-state index in [-0.39, 0.29) is 17.3 Å². The minimum absolute atomic E-state index is 0.0988. The van der Waals surface area contributed by atoms with E-state index in [2.05, 4.69) is 12.0 Å². The first kappa shape index (κ1) is 17.4. The van der Waals surface area contributed by atoms with Gasteiger partial charge in [-0.05, 0) is 38.5 Å². The zero-order chi connectivity index (χ0) is 17.1. The van der Waals surface area contributed by atoms with Gasteiger partial charge in [-0.25, -0.2) is 0 Å². The van der Waals surface area contributed by atoms with Gasteiger partial charge in [0.05, 0.1) is 4.92 Å². The standard InChI is InChI=1S/C16H26N4O3/c1-5-19-15(14(20(22)23)12(3)17-19)16(21)18(4)10-13-8-6-11(2)7-9-13/h11,13H,5-10H2,1-4H3. The number of hydrogen-bond acceptors (Lipinski definition) is 4. The first-order valence-electron chi connectivity index (χ1n) is 8.32. The third-order valence-electron chi connectivity index (χ3n) is 4.79. The number of nitro groups is 1. The highest BCUT2D eigenvalue weighted by Gasteiger charge is 2.32. The number of carbonyl (C=O) groups excluding carboxylic acids is 1. The molecule has 1 heterocycles. The van der Waals surface area contributed by atoms with Crippen molar-refractivity contribution in [2.24, 2.45) is 11.8 Å². The summed E-state index contributed by atoms with van der Waals surface area (Å²) in [5.41, 5.74) is 0.225. The summed E-state index contributed by atoms with van der Waals surface area (Å²) < 4.78 is 1.44. The van der Waals surface area contributed by atoms with Crippen LogP contribution >= 0.6 is 0 Å². The Labute approximate surface area is 136 Å². The van der Waals surface area contributed by atoms with Crippen LogP contribution in [-0.2, 0) is 6.54 Å². The van der Waals surface area contributed by atoms with Gasteiger partial charge >= 0.3 is 5.69 Å². The van der Waals surface area contributed by atoms with Crippen LogP contribution in [0.3, 0.4) is 0 Å². The predicted octanol–water partition coefficient (Wildman–Crippen LogP) is 3.02. The van der Waals surface area contributed by atoms with Gasteiger partial charge in [-0.3, -0.25) is 19.6 Å². The molecule has 0 bridgehead atoms. The zero-order valence-corrected chi connectivity index (χ0v) is 14.4. The highest BCUT2D eigenvalue weighted by atomic mass is 16.6. The van der Waals surface area contributed by atoms with E-state index in [0.717, 1.165) is 18.8 Å². The van der Waals surface area contributed by atoms with Gasteiger partial charge in [0.1, 0.15) is 5.69 Å². The van der Waals surface area contributed by atoms with Gasteiger partial charge in [-0.1, -0.05) is 19.8 Å². The Kier molecular flexibility index (Phi) is 5.38. The van der Waals surface area contributed by atoms with Crippen molar-refractivity contribution in [1.29, 1.82) is 0 Å². The smallest absolute Gasteiger partial charge is 0.322 e. The highest BCUT2D eigenvalue weighted by Crippen LogP contribution is 2.30. The zero-order valence-electron chi connectivity index (χ0n) is 14.4. The summed E-state index contributed by atoms with van der Waals surface area (Å²) in [4.78, 5) is 25.2. The molecule has 2 rings (SSSR count). The lowest BCUT2D eigenvalue weighted by Gasteiger charge is -2.29. The van der Waals surface area contributed by atoms with Crippen LogP contribution in [0.25, 0.3) is 0 Å². The lowest BCUT2D eigenvalue weighted by molar-refractivity contribution is -0.385. The van der Waals surface area contributed by atoms with Gasteiger partial charge in [0.25, 0.3) is 5.91 Å². The maximum absolute atomic E-state index is 12.8. The minimum Gasteiger partial charge on any atom is -0.340 e. The van der Waals surface area contributed by atoms with Crippen molar-refractivity contribution < 1.29 is 9.72 Å². The molecule has 1 aromatic rings. The SMILES string of the molecule is CCn1nc(C)c([N+](=O)[O-])c1C(=O)N(C)CC1CCC(C)CC1. The van der Waals surface area contributed by atoms with Gasteiger partial charge in [0.15, 0.2) is 0 Å². The van der Waals surface area contributed by atoms with Crippen LogP contribution in [0.15, 0.2) is 0 Å². The number of amides is 1. The predicted molar refractivity (Wildman–Crippen MR) is 87.4 cm³/mol. The van der Waals surface area contributed by atoms with Gasteiger partial charge in [-0.15, -0.1) is 0 Å². The second kappa shape index (κ2) is 7.10. The molecule has 7 heteroatoms. The van der Waals surface area contributed by atoms with Crippen LogP contribution in [0, 0.1) is 28.9 Å². The van der Waals surface area contributed by atoms with E-state index in [0.29, 0.717) is 24.7 Å². The van der Waals surface area contributed by atoms with Crippen LogP contribution in [0.1, 0.15) is 55.7 Å². The van der Waals surface area contributed by atoms with E-state index in [1.165, 1.54) is 17.5 Å². The quantitative estimate of drug-likeness (QED) is 0.616. The number of rotatable bonds is 5. The summed E-state index contributed by atoms with van der Waals surface area (Å²) >= 11 is 0. The van der Waals surface area contributed by atoms with Gasteiger partial charge in [0, 0.05) is 20.1 Å². The molecular formula is C16H26N4O3. The molecule has 23 heavy (non-hydrogen) atoms. The molecule has 1 amide bonds. The lowest BCUT2D eigenvalue weighted by atomic mass is 9.83. The second-order valence-corrected chi connectivity index (χ2v) is 6.67. The average Bonchev–Trinajstić information content (AvgIpc) is 2.85. The van der Waals surface area contributed by atoms with E-state index >= 15 is 0 Å². The fraction of sp³-hybridized carbons (Fsp3) is 0.750. The Morgan fingerprint density at radius 1 is 1.39 bits per heavy atom. The molecule has 0 spiro atoms. The molecule has 128 valence electrons. The molecule has 1 aromatic heterocycles. The highest BCUT2D eigenvalue weighted by molar-refractivity contribution is 5.96. The number of hydrogen-bond donors (Lipinski definition) is 0. The first-order valence-corrected chi connectivity index (χ1v) is 8.32. The number of aromatic nitrogens is 2. The lowest BCUT2D eigenvalue weighted by Crippen LogP contribution is -2.34. The Morgan fingerprint density at radius 2 is 2.00 bits per heavy atom. The van der Waals surface area contributed by atoms with E-state index in [1.54, 1.807) is 18.9 Å². The molecule has 7 nitrogen and oxygen atoms in total. The Hall–Kier alpha value is -1.92. The maximum atomic E-state index is 12.8. The van der Waals surface area contributed by atoms with Crippen LogP contribution in [0.2, 0.25) is 0 Å². The van der Waals surface area contributed by atoms with E-state index in [4.69, 9.17) is 0 Å². The van der Waals surface area contributed by atoms with Crippen molar-refractivity contribution in [2.75, 3.05) is 13.6 Å². The number of nitrogens with zero attached hydrogens (tertiary/aromatic N) is 4. The normalized spacial score (nSPS) is 21.2. The second-order valence-electron chi connectivity index (χ2n) is 6.67. The Morgan fingerprint density at radius 3 is 2.52 bits per heavy atom. The molecule has 0 aromatic carbocycles. The van der Waals surface area contributed by atoms with Gasteiger partial charge in [0.2, 0.25) is 5.69 Å². The van der Waals surface area contributed by atoms with Crippen molar-refractivity contribution in [2.45, 2.75) is 53.0 Å². The van der Waals surface area contributed by atoms with Crippen LogP contribution < -0.4 is 0 Å². The summed E-state index contributed by atoms with van der Waals surface area (Å²) in [6, 6.07) is 0. The van der Waals surface area contributed by atoms with Gasteiger partial charge < -0.3 is 4.90 Å². The summed E-state index contributed by atoms with van der Waals surface area (Å²) in [6.45, 7) is 6.75. The molecule has 0 N–H and O–H groups in total. The van der Waals surface area contributed by atoms with Crippen molar-refractivity contribution >= 4 is 11.6 Å². The average molecular weight is 322 g/mol. The molecule has 0 radical (unpaired) electrons. The van der Waals surface area contributed by atoms with Crippen LogP contribution in [-0.4, -0.2) is 39.1 Å². The van der Waals surface area contributed by atoms with E-state index < -0.39 is 4.92 Å². The van der Waals surface area contributed by atoms with Crippen LogP contribution in [0.5, 0.6) is 0 Å². The fourth-order valence-corrected chi connectivity index (χ4v) is 3.39. The van der Waals surface area contributed by atoms with Crippen molar-refractivity contribution in [3.05, 3.63) is 21.5 Å². The monoisotopic (exact) mass is 322 g/mol. The summed E-state index contributed by atoms with van der Waals surface area (Å²) in [6.07, 6.45) is 4.62. The third-order valence-corrected chi connectivity index (χ3v) is 4.79. The Bertz CT molecular complexity index is 588.